The Morgan fingerprint density at radius 2 is 1.95 bits per heavy atom. The number of hydrogen-bond acceptors (Lipinski definition) is 3. The molecule has 0 aliphatic carbocycles. The van der Waals surface area contributed by atoms with Crippen LogP contribution in [0.2, 0.25) is 0 Å². The molecule has 2 aromatic heterocycles. The predicted molar refractivity (Wildman–Crippen MR) is 90.9 cm³/mol. The first-order chi connectivity index (χ1) is 9.99. The van der Waals surface area contributed by atoms with Crippen LogP contribution in [0.25, 0.3) is 21.5 Å². The molecule has 0 amide bonds. The van der Waals surface area contributed by atoms with E-state index in [0.29, 0.717) is 0 Å². The van der Waals surface area contributed by atoms with E-state index < -0.39 is 0 Å². The van der Waals surface area contributed by atoms with Gasteiger partial charge in [-0.1, -0.05) is 33.8 Å². The van der Waals surface area contributed by atoms with E-state index in [9.17, 15) is 0 Å². The highest BCUT2D eigenvalue weighted by molar-refractivity contribution is 7.18. The van der Waals surface area contributed by atoms with Gasteiger partial charge in [-0.2, -0.15) is 0 Å². The van der Waals surface area contributed by atoms with Crippen molar-refractivity contribution >= 4 is 21.6 Å². The van der Waals surface area contributed by atoms with Gasteiger partial charge in [0.05, 0.1) is 20.9 Å². The van der Waals surface area contributed by atoms with Crippen molar-refractivity contribution in [2.45, 2.75) is 39.5 Å². The molecule has 0 N–H and O–H groups in total. The molecule has 3 aromatic rings. The molecule has 0 bridgehead atoms. The Balaban J connectivity index is 2.29. The summed E-state index contributed by atoms with van der Waals surface area (Å²) in [5, 5.41) is 1.18. The van der Waals surface area contributed by atoms with Crippen molar-refractivity contribution in [1.82, 2.24) is 9.97 Å². The summed E-state index contributed by atoms with van der Waals surface area (Å²) in [4.78, 5) is 9.42. The number of fused-ring (bicyclic) bond motifs is 1. The average Bonchev–Trinajstić information content (AvgIpc) is 2.91. The molecular weight excluding hydrogens is 276 g/mol. The molecular formula is C18H20N2S. The van der Waals surface area contributed by atoms with Gasteiger partial charge in [-0.15, -0.1) is 11.3 Å². The van der Waals surface area contributed by atoms with Crippen LogP contribution in [0.4, 0.5) is 0 Å². The fourth-order valence-corrected chi connectivity index (χ4v) is 3.44. The Kier molecular flexibility index (Phi) is 3.54. The van der Waals surface area contributed by atoms with Crippen LogP contribution in [0.5, 0.6) is 0 Å². The molecule has 0 atom stereocenters. The standard InChI is InChI=1S/C18H20N2S/c1-5-12-10-13(14-8-6-7-9-19-14)16-15(11-12)21-17(20-16)18(2,3)4/h6-11H,5H2,1-4H3. The second-order valence-corrected chi connectivity index (χ2v) is 7.36. The molecule has 0 fully saturated rings. The third-order valence-corrected chi connectivity index (χ3v) is 4.97. The van der Waals surface area contributed by atoms with Gasteiger partial charge in [-0.25, -0.2) is 4.98 Å². The normalized spacial score (nSPS) is 12.0. The maximum absolute atomic E-state index is 4.91. The van der Waals surface area contributed by atoms with Gasteiger partial charge in [0.25, 0.3) is 0 Å². The maximum Gasteiger partial charge on any atom is 0.0992 e. The van der Waals surface area contributed by atoms with Gasteiger partial charge < -0.3 is 0 Å². The van der Waals surface area contributed by atoms with Crippen molar-refractivity contribution in [1.29, 1.82) is 0 Å². The lowest BCUT2D eigenvalue weighted by molar-refractivity contribution is 0.587. The zero-order valence-electron chi connectivity index (χ0n) is 13.0. The topological polar surface area (TPSA) is 25.8 Å². The maximum atomic E-state index is 4.91. The first-order valence-electron chi connectivity index (χ1n) is 7.34. The molecule has 0 saturated carbocycles. The highest BCUT2D eigenvalue weighted by Gasteiger charge is 2.20. The van der Waals surface area contributed by atoms with Crippen molar-refractivity contribution in [3.63, 3.8) is 0 Å². The smallest absolute Gasteiger partial charge is 0.0992 e. The number of aryl methyl sites for hydroxylation is 1. The zero-order chi connectivity index (χ0) is 15.0. The summed E-state index contributed by atoms with van der Waals surface area (Å²) in [5.41, 5.74) is 4.66. The van der Waals surface area contributed by atoms with Gasteiger partial charge in [0, 0.05) is 17.2 Å². The Morgan fingerprint density at radius 3 is 2.57 bits per heavy atom. The Hall–Kier alpha value is -1.74. The van der Waals surface area contributed by atoms with Gasteiger partial charge in [-0.3, -0.25) is 4.98 Å². The molecule has 2 heterocycles. The fraction of sp³-hybridized carbons (Fsp3) is 0.333. The molecule has 108 valence electrons. The lowest BCUT2D eigenvalue weighted by Gasteiger charge is -2.13. The molecule has 21 heavy (non-hydrogen) atoms. The van der Waals surface area contributed by atoms with Gasteiger partial charge in [0.2, 0.25) is 0 Å². The Bertz CT molecular complexity index is 767. The largest absolute Gasteiger partial charge is 0.256 e. The van der Waals surface area contributed by atoms with E-state index in [1.165, 1.54) is 15.3 Å². The van der Waals surface area contributed by atoms with Crippen molar-refractivity contribution in [2.24, 2.45) is 0 Å². The molecule has 2 nitrogen and oxygen atoms in total. The second-order valence-electron chi connectivity index (χ2n) is 6.33. The van der Waals surface area contributed by atoms with E-state index in [4.69, 9.17) is 4.98 Å². The Morgan fingerprint density at radius 1 is 1.14 bits per heavy atom. The van der Waals surface area contributed by atoms with Gasteiger partial charge >= 0.3 is 0 Å². The highest BCUT2D eigenvalue weighted by atomic mass is 32.1. The van der Waals surface area contributed by atoms with Crippen LogP contribution in [-0.4, -0.2) is 9.97 Å². The second kappa shape index (κ2) is 5.23. The number of aromatic nitrogens is 2. The van der Waals surface area contributed by atoms with Crippen molar-refractivity contribution in [2.75, 3.05) is 0 Å². The van der Waals surface area contributed by atoms with E-state index in [1.807, 2.05) is 18.3 Å². The minimum Gasteiger partial charge on any atom is -0.256 e. The quantitative estimate of drug-likeness (QED) is 0.648. The summed E-state index contributed by atoms with van der Waals surface area (Å²) in [6, 6.07) is 10.5. The van der Waals surface area contributed by atoms with Crippen molar-refractivity contribution in [3.8, 4) is 11.3 Å². The van der Waals surface area contributed by atoms with Crippen LogP contribution in [0.1, 0.15) is 38.3 Å². The third kappa shape index (κ3) is 2.70. The SMILES string of the molecule is CCc1cc(-c2ccccn2)c2nc(C(C)(C)C)sc2c1. The van der Waals surface area contributed by atoms with Crippen LogP contribution in [-0.2, 0) is 11.8 Å². The highest BCUT2D eigenvalue weighted by Crippen LogP contribution is 2.36. The lowest BCUT2D eigenvalue weighted by Crippen LogP contribution is -2.09. The van der Waals surface area contributed by atoms with Crippen molar-refractivity contribution in [3.05, 3.63) is 47.1 Å². The number of nitrogens with zero attached hydrogens (tertiary/aromatic N) is 2. The number of hydrogen-bond donors (Lipinski definition) is 0. The number of pyridine rings is 1. The van der Waals surface area contributed by atoms with E-state index in [0.717, 1.165) is 23.2 Å². The Labute approximate surface area is 129 Å². The predicted octanol–water partition coefficient (Wildman–Crippen LogP) is 5.22. The molecule has 0 aliphatic rings. The van der Waals surface area contributed by atoms with Gasteiger partial charge in [0.15, 0.2) is 0 Å². The summed E-state index contributed by atoms with van der Waals surface area (Å²) in [6.45, 7) is 8.83. The fourth-order valence-electron chi connectivity index (χ4n) is 2.33. The third-order valence-electron chi connectivity index (χ3n) is 3.55. The van der Waals surface area contributed by atoms with Crippen LogP contribution in [0, 0.1) is 0 Å². The number of thiazole rings is 1. The van der Waals surface area contributed by atoms with Gasteiger partial charge in [-0.05, 0) is 36.2 Å². The van der Waals surface area contributed by atoms with Crippen LogP contribution in [0.15, 0.2) is 36.5 Å². The zero-order valence-corrected chi connectivity index (χ0v) is 13.8. The first kappa shape index (κ1) is 14.2. The van der Waals surface area contributed by atoms with Gasteiger partial charge in [0.1, 0.15) is 0 Å². The summed E-state index contributed by atoms with van der Waals surface area (Å²) in [7, 11) is 0. The van der Waals surface area contributed by atoms with E-state index in [2.05, 4.69) is 50.9 Å². The molecule has 0 spiro atoms. The van der Waals surface area contributed by atoms with E-state index >= 15 is 0 Å². The molecule has 3 heteroatoms. The first-order valence-corrected chi connectivity index (χ1v) is 8.16. The summed E-state index contributed by atoms with van der Waals surface area (Å²) < 4.78 is 1.26. The lowest BCUT2D eigenvalue weighted by atomic mass is 9.98. The minimum absolute atomic E-state index is 0.0808. The molecule has 0 aliphatic heterocycles. The molecule has 0 saturated heterocycles. The minimum atomic E-state index is 0.0808. The average molecular weight is 296 g/mol. The van der Waals surface area contributed by atoms with Crippen molar-refractivity contribution < 1.29 is 0 Å². The van der Waals surface area contributed by atoms with E-state index in [-0.39, 0.29) is 5.41 Å². The molecule has 0 radical (unpaired) electrons. The summed E-state index contributed by atoms with van der Waals surface area (Å²) in [6.07, 6.45) is 2.87. The molecule has 3 rings (SSSR count). The number of rotatable bonds is 2. The molecule has 1 aromatic carbocycles. The van der Waals surface area contributed by atoms with Crippen LogP contribution < -0.4 is 0 Å². The summed E-state index contributed by atoms with van der Waals surface area (Å²) in [5.74, 6) is 0. The van der Waals surface area contributed by atoms with Crippen LogP contribution in [0.3, 0.4) is 0 Å². The van der Waals surface area contributed by atoms with E-state index in [1.54, 1.807) is 11.3 Å². The number of benzene rings is 1. The summed E-state index contributed by atoms with van der Waals surface area (Å²) >= 11 is 1.80. The molecule has 0 unspecified atom stereocenters. The monoisotopic (exact) mass is 296 g/mol. The van der Waals surface area contributed by atoms with Crippen LogP contribution >= 0.6 is 11.3 Å².